The molecule has 7 nitrogen and oxygen atoms in total. The molecule has 1 aromatic heterocycles. The highest BCUT2D eigenvalue weighted by Gasteiger charge is 2.17. The molecule has 0 saturated carbocycles. The second kappa shape index (κ2) is 11.4. The van der Waals surface area contributed by atoms with Crippen LogP contribution in [0.5, 0.6) is 0 Å². The first-order chi connectivity index (χ1) is 13.9. The third kappa shape index (κ3) is 7.06. The van der Waals surface area contributed by atoms with E-state index in [1.807, 2.05) is 6.92 Å². The zero-order valence-electron chi connectivity index (χ0n) is 18.0. The predicted octanol–water partition coefficient (Wildman–Crippen LogP) is 1.60. The van der Waals surface area contributed by atoms with E-state index in [2.05, 4.69) is 46.3 Å². The summed E-state index contributed by atoms with van der Waals surface area (Å²) in [6, 6.07) is 0. The van der Waals surface area contributed by atoms with Gasteiger partial charge in [0, 0.05) is 58.0 Å². The van der Waals surface area contributed by atoms with Crippen molar-refractivity contribution in [2.24, 2.45) is 7.05 Å². The van der Waals surface area contributed by atoms with Gasteiger partial charge in [0.2, 0.25) is 0 Å². The molecule has 0 unspecified atom stereocenters. The summed E-state index contributed by atoms with van der Waals surface area (Å²) in [7, 11) is 1.48. The number of nitrogens with zero attached hydrogens (tertiary/aromatic N) is 5. The average Bonchev–Trinajstić information content (AvgIpc) is 2.71. The van der Waals surface area contributed by atoms with Gasteiger partial charge < -0.3 is 4.90 Å². The maximum atomic E-state index is 12.0. The third-order valence-corrected chi connectivity index (χ3v) is 5.11. The lowest BCUT2D eigenvalue weighted by atomic mass is 10.2. The molecule has 1 fully saturated rings. The molecular formula is C22H33N5O2. The van der Waals surface area contributed by atoms with E-state index in [1.54, 1.807) is 0 Å². The monoisotopic (exact) mass is 399 g/mol. The standard InChI is InChI=1S/C22H33N5O2/c1-5-20(11-7-6-10-19(2)3)26-16-14-25(15-17-26)12-8-9-13-27-22(29)24(4)21(28)18-23-27/h11,18H,2,5,8-10,12-17H2,1,3-4H3/b20-11+. The number of rotatable bonds is 8. The minimum atomic E-state index is -0.369. The summed E-state index contributed by atoms with van der Waals surface area (Å²) in [5.74, 6) is 6.31. The van der Waals surface area contributed by atoms with Crippen LogP contribution in [0.15, 0.2) is 39.7 Å². The first kappa shape index (κ1) is 22.7. The maximum Gasteiger partial charge on any atom is 0.347 e. The van der Waals surface area contributed by atoms with Crippen LogP contribution >= 0.6 is 0 Å². The molecule has 0 N–H and O–H groups in total. The van der Waals surface area contributed by atoms with Crippen molar-refractivity contribution < 1.29 is 0 Å². The lowest BCUT2D eigenvalue weighted by Gasteiger charge is -2.37. The second-order valence-electron chi connectivity index (χ2n) is 7.53. The first-order valence-electron chi connectivity index (χ1n) is 10.3. The van der Waals surface area contributed by atoms with Gasteiger partial charge in [-0.2, -0.15) is 5.10 Å². The molecule has 29 heavy (non-hydrogen) atoms. The van der Waals surface area contributed by atoms with Crippen molar-refractivity contribution in [2.75, 3.05) is 32.7 Å². The van der Waals surface area contributed by atoms with Gasteiger partial charge in [0.1, 0.15) is 6.20 Å². The van der Waals surface area contributed by atoms with Crippen molar-refractivity contribution in [3.63, 3.8) is 0 Å². The number of aromatic nitrogens is 3. The summed E-state index contributed by atoms with van der Waals surface area (Å²) in [4.78, 5) is 28.3. The van der Waals surface area contributed by atoms with Crippen molar-refractivity contribution in [2.45, 2.75) is 46.1 Å². The molecule has 0 spiro atoms. The molecule has 2 heterocycles. The zero-order chi connectivity index (χ0) is 21.2. The molecule has 7 heteroatoms. The number of hydrogen-bond donors (Lipinski definition) is 0. The molecule has 158 valence electrons. The number of hydrogen-bond acceptors (Lipinski definition) is 5. The molecule has 0 bridgehead atoms. The van der Waals surface area contributed by atoms with Crippen LogP contribution in [-0.2, 0) is 13.6 Å². The smallest absolute Gasteiger partial charge is 0.347 e. The van der Waals surface area contributed by atoms with Gasteiger partial charge in [0.15, 0.2) is 0 Å². The third-order valence-electron chi connectivity index (χ3n) is 5.11. The van der Waals surface area contributed by atoms with Gasteiger partial charge in [-0.15, -0.1) is 0 Å². The largest absolute Gasteiger partial charge is 0.372 e. The van der Waals surface area contributed by atoms with E-state index < -0.39 is 0 Å². The highest BCUT2D eigenvalue weighted by atomic mass is 16.2. The normalized spacial score (nSPS) is 15.1. The van der Waals surface area contributed by atoms with Gasteiger partial charge in [-0.3, -0.25) is 14.3 Å². The van der Waals surface area contributed by atoms with Crippen molar-refractivity contribution in [1.82, 2.24) is 24.1 Å². The number of piperazine rings is 1. The zero-order valence-corrected chi connectivity index (χ0v) is 18.0. The molecule has 1 aliphatic heterocycles. The summed E-state index contributed by atoms with van der Waals surface area (Å²) in [6.45, 7) is 13.7. The maximum absolute atomic E-state index is 12.0. The Bertz CT molecular complexity index is 892. The lowest BCUT2D eigenvalue weighted by Crippen LogP contribution is -2.46. The number of aryl methyl sites for hydroxylation is 1. The topological polar surface area (TPSA) is 63.4 Å². The van der Waals surface area contributed by atoms with E-state index in [4.69, 9.17) is 0 Å². The predicted molar refractivity (Wildman–Crippen MR) is 117 cm³/mol. The van der Waals surface area contributed by atoms with Crippen LogP contribution in [0.2, 0.25) is 0 Å². The molecule has 0 atom stereocenters. The Morgan fingerprint density at radius 2 is 1.90 bits per heavy atom. The van der Waals surface area contributed by atoms with Crippen LogP contribution in [-0.4, -0.2) is 56.9 Å². The van der Waals surface area contributed by atoms with E-state index in [-0.39, 0.29) is 11.2 Å². The molecular weight excluding hydrogens is 366 g/mol. The molecule has 1 aromatic rings. The van der Waals surface area contributed by atoms with Gasteiger partial charge in [-0.05, 0) is 32.7 Å². The van der Waals surface area contributed by atoms with E-state index in [9.17, 15) is 9.59 Å². The molecule has 1 aliphatic rings. The summed E-state index contributed by atoms with van der Waals surface area (Å²) in [5, 5.41) is 3.93. The number of unbranched alkanes of at least 4 members (excludes halogenated alkanes) is 1. The van der Waals surface area contributed by atoms with Gasteiger partial charge in [0.05, 0.1) is 0 Å². The fourth-order valence-electron chi connectivity index (χ4n) is 3.28. The Balaban J connectivity index is 1.74. The molecule has 0 amide bonds. The van der Waals surface area contributed by atoms with E-state index in [0.29, 0.717) is 6.54 Å². The molecule has 0 aromatic carbocycles. The highest BCUT2D eigenvalue weighted by molar-refractivity contribution is 5.23. The number of allylic oxidation sites excluding steroid dienone is 3. The van der Waals surface area contributed by atoms with Crippen molar-refractivity contribution in [3.05, 3.63) is 51.0 Å². The van der Waals surface area contributed by atoms with Crippen molar-refractivity contribution in [3.8, 4) is 11.8 Å². The van der Waals surface area contributed by atoms with Crippen molar-refractivity contribution >= 4 is 0 Å². The first-order valence-corrected chi connectivity index (χ1v) is 10.3. The van der Waals surface area contributed by atoms with Crippen LogP contribution < -0.4 is 11.2 Å². The molecule has 0 radical (unpaired) electrons. The van der Waals surface area contributed by atoms with E-state index >= 15 is 0 Å². The Morgan fingerprint density at radius 1 is 1.21 bits per heavy atom. The van der Waals surface area contributed by atoms with Gasteiger partial charge in [0.25, 0.3) is 5.56 Å². The summed E-state index contributed by atoms with van der Waals surface area (Å²) in [5.41, 5.74) is 1.68. The van der Waals surface area contributed by atoms with Gasteiger partial charge in [-0.1, -0.05) is 30.9 Å². The second-order valence-corrected chi connectivity index (χ2v) is 7.53. The minimum Gasteiger partial charge on any atom is -0.372 e. The van der Waals surface area contributed by atoms with E-state index in [1.165, 1.54) is 23.6 Å². The molecule has 2 rings (SSSR count). The van der Waals surface area contributed by atoms with Crippen LogP contribution in [0.3, 0.4) is 0 Å². The Kier molecular flexibility index (Phi) is 8.94. The van der Waals surface area contributed by atoms with Crippen LogP contribution in [0.25, 0.3) is 0 Å². The summed E-state index contributed by atoms with van der Waals surface area (Å²) in [6.07, 6.45) is 6.85. The van der Waals surface area contributed by atoms with Crippen LogP contribution in [0.4, 0.5) is 0 Å². The van der Waals surface area contributed by atoms with Crippen molar-refractivity contribution in [1.29, 1.82) is 0 Å². The van der Waals surface area contributed by atoms with Crippen LogP contribution in [0.1, 0.15) is 39.5 Å². The fourth-order valence-corrected chi connectivity index (χ4v) is 3.28. The summed E-state index contributed by atoms with van der Waals surface area (Å²) < 4.78 is 2.46. The quantitative estimate of drug-likeness (QED) is 0.378. The Labute approximate surface area is 173 Å². The van der Waals surface area contributed by atoms with Crippen LogP contribution in [0, 0.1) is 11.8 Å². The highest BCUT2D eigenvalue weighted by Crippen LogP contribution is 2.13. The molecule has 0 aliphatic carbocycles. The van der Waals surface area contributed by atoms with E-state index in [0.717, 1.165) is 68.5 Å². The fraction of sp³-hybridized carbons (Fsp3) is 0.591. The summed E-state index contributed by atoms with van der Waals surface area (Å²) >= 11 is 0. The SMILES string of the molecule is C=C(C)CC#C/C=C(\CC)N1CCN(CCCCn2ncc(=O)n(C)c2=O)CC1. The Morgan fingerprint density at radius 3 is 2.55 bits per heavy atom. The van der Waals surface area contributed by atoms with Gasteiger partial charge in [-0.25, -0.2) is 9.48 Å². The average molecular weight is 400 g/mol. The Hall–Kier alpha value is -2.59. The molecule has 1 saturated heterocycles. The van der Waals surface area contributed by atoms with Gasteiger partial charge >= 0.3 is 5.69 Å². The lowest BCUT2D eigenvalue weighted by molar-refractivity contribution is 0.154. The minimum absolute atomic E-state index is 0.351.